The van der Waals surface area contributed by atoms with Crippen molar-refractivity contribution in [3.63, 3.8) is 0 Å². The van der Waals surface area contributed by atoms with Crippen molar-refractivity contribution in [1.82, 2.24) is 5.32 Å². The van der Waals surface area contributed by atoms with Crippen LogP contribution in [0.25, 0.3) is 0 Å². The Balaban J connectivity index is 2.26. The maximum Gasteiger partial charge on any atom is 0.00834 e. The Morgan fingerprint density at radius 1 is 1.47 bits per heavy atom. The van der Waals surface area contributed by atoms with Crippen molar-refractivity contribution < 1.29 is 0 Å². The molecule has 84 valence electrons. The molecule has 1 aromatic rings. The molecule has 1 aliphatic rings. The fourth-order valence-electron chi connectivity index (χ4n) is 2.51. The maximum atomic E-state index is 3.34. The molecule has 0 radical (unpaired) electrons. The zero-order valence-corrected chi connectivity index (χ0v) is 10.6. The van der Waals surface area contributed by atoms with Gasteiger partial charge < -0.3 is 5.32 Å². The molecule has 0 bridgehead atoms. The van der Waals surface area contributed by atoms with Crippen LogP contribution in [-0.4, -0.2) is 13.6 Å². The van der Waals surface area contributed by atoms with E-state index in [4.69, 9.17) is 0 Å². The van der Waals surface area contributed by atoms with Gasteiger partial charge in [-0.25, -0.2) is 0 Å². The molecule has 1 aromatic heterocycles. The molecule has 15 heavy (non-hydrogen) atoms. The minimum atomic E-state index is 0.768. The van der Waals surface area contributed by atoms with Gasteiger partial charge in [-0.15, -0.1) is 11.3 Å². The summed E-state index contributed by atoms with van der Waals surface area (Å²) in [6, 6.07) is 2.47. The summed E-state index contributed by atoms with van der Waals surface area (Å²) in [4.78, 5) is 3.24. The summed E-state index contributed by atoms with van der Waals surface area (Å²) in [6.07, 6.45) is 6.67. The molecule has 1 nitrogen and oxygen atoms in total. The third kappa shape index (κ3) is 2.43. The zero-order valence-electron chi connectivity index (χ0n) is 9.81. The van der Waals surface area contributed by atoms with Crippen LogP contribution < -0.4 is 5.32 Å². The molecule has 0 spiro atoms. The fraction of sp³-hybridized carbons (Fsp3) is 0.692. The molecule has 0 aromatic carbocycles. The van der Waals surface area contributed by atoms with E-state index in [9.17, 15) is 0 Å². The first-order valence-corrected chi connectivity index (χ1v) is 6.93. The minimum absolute atomic E-state index is 0.768. The first-order valence-electron chi connectivity index (χ1n) is 6.11. The van der Waals surface area contributed by atoms with Crippen LogP contribution in [-0.2, 0) is 12.8 Å². The van der Waals surface area contributed by atoms with Crippen LogP contribution in [0.3, 0.4) is 0 Å². The van der Waals surface area contributed by atoms with Gasteiger partial charge in [0, 0.05) is 16.3 Å². The summed E-state index contributed by atoms with van der Waals surface area (Å²) in [7, 11) is 2.07. The lowest BCUT2D eigenvalue weighted by molar-refractivity contribution is 0.565. The minimum Gasteiger partial charge on any atom is -0.319 e. The summed E-state index contributed by atoms with van der Waals surface area (Å²) >= 11 is 2.05. The summed E-state index contributed by atoms with van der Waals surface area (Å²) in [6.45, 7) is 3.41. The van der Waals surface area contributed by atoms with E-state index in [1.54, 1.807) is 15.3 Å². The highest BCUT2D eigenvalue weighted by Crippen LogP contribution is 2.35. The Hall–Kier alpha value is -0.340. The normalized spacial score (nSPS) is 21.1. The Labute approximate surface area is 96.9 Å². The van der Waals surface area contributed by atoms with Crippen molar-refractivity contribution in [2.45, 2.75) is 44.9 Å². The molecule has 0 amide bonds. The first-order chi connectivity index (χ1) is 7.35. The predicted octanol–water partition coefficient (Wildman–Crippen LogP) is 3.34. The van der Waals surface area contributed by atoms with E-state index >= 15 is 0 Å². The van der Waals surface area contributed by atoms with E-state index in [2.05, 4.69) is 36.7 Å². The Kier molecular flexibility index (Phi) is 3.81. The summed E-state index contributed by atoms with van der Waals surface area (Å²) in [5, 5.41) is 3.34. The molecule has 1 N–H and O–H groups in total. The number of hydrogen-bond acceptors (Lipinski definition) is 2. The maximum absolute atomic E-state index is 3.34. The van der Waals surface area contributed by atoms with Crippen molar-refractivity contribution in [1.29, 1.82) is 0 Å². The van der Waals surface area contributed by atoms with E-state index in [0.29, 0.717) is 0 Å². The molecule has 0 aliphatic heterocycles. The van der Waals surface area contributed by atoms with Crippen molar-refractivity contribution in [2.75, 3.05) is 13.6 Å². The van der Waals surface area contributed by atoms with Crippen LogP contribution in [0.4, 0.5) is 0 Å². The number of aryl methyl sites for hydroxylation is 2. The van der Waals surface area contributed by atoms with Crippen LogP contribution in [0.5, 0.6) is 0 Å². The lowest BCUT2D eigenvalue weighted by atomic mass is 9.96. The van der Waals surface area contributed by atoms with Gasteiger partial charge in [0.05, 0.1) is 0 Å². The monoisotopic (exact) mass is 223 g/mol. The van der Waals surface area contributed by atoms with Gasteiger partial charge in [-0.1, -0.05) is 13.3 Å². The van der Waals surface area contributed by atoms with Crippen LogP contribution in [0, 0.1) is 0 Å². The topological polar surface area (TPSA) is 12.0 Å². The standard InChI is InChI=1S/C13H21NS/c1-3-11-8-12-10(9-14-2)6-4-5-7-13(12)15-11/h8,10,14H,3-7,9H2,1-2H3. The van der Waals surface area contributed by atoms with Gasteiger partial charge in [0.1, 0.15) is 0 Å². The second-order valence-electron chi connectivity index (χ2n) is 4.45. The van der Waals surface area contributed by atoms with Crippen molar-refractivity contribution in [3.05, 3.63) is 21.4 Å². The number of fused-ring (bicyclic) bond motifs is 1. The van der Waals surface area contributed by atoms with E-state index in [1.165, 1.54) is 32.1 Å². The highest BCUT2D eigenvalue weighted by atomic mass is 32.1. The Bertz CT molecular complexity index is 316. The number of rotatable bonds is 3. The Morgan fingerprint density at radius 3 is 3.07 bits per heavy atom. The molecule has 1 aliphatic carbocycles. The molecule has 0 saturated heterocycles. The van der Waals surface area contributed by atoms with Crippen molar-refractivity contribution >= 4 is 11.3 Å². The molecular formula is C13H21NS. The van der Waals surface area contributed by atoms with E-state index < -0.39 is 0 Å². The number of thiophene rings is 1. The van der Waals surface area contributed by atoms with Gasteiger partial charge in [0.25, 0.3) is 0 Å². The SMILES string of the molecule is CCc1cc2c(s1)CCCCC2CNC. The molecular weight excluding hydrogens is 202 g/mol. The van der Waals surface area contributed by atoms with E-state index in [1.807, 2.05) is 0 Å². The van der Waals surface area contributed by atoms with Crippen molar-refractivity contribution in [3.8, 4) is 0 Å². The van der Waals surface area contributed by atoms with Crippen LogP contribution >= 0.6 is 11.3 Å². The van der Waals surface area contributed by atoms with Gasteiger partial charge in [-0.05, 0) is 50.3 Å². The van der Waals surface area contributed by atoms with Gasteiger partial charge in [0.15, 0.2) is 0 Å². The fourth-order valence-corrected chi connectivity index (χ4v) is 3.74. The Morgan fingerprint density at radius 2 is 2.33 bits per heavy atom. The smallest absolute Gasteiger partial charge is 0.00834 e. The summed E-state index contributed by atoms with van der Waals surface area (Å²) in [5.74, 6) is 0.768. The second-order valence-corrected chi connectivity index (χ2v) is 5.67. The average molecular weight is 223 g/mol. The largest absolute Gasteiger partial charge is 0.319 e. The van der Waals surface area contributed by atoms with Crippen molar-refractivity contribution in [2.24, 2.45) is 0 Å². The molecule has 2 rings (SSSR count). The average Bonchev–Trinajstić information content (AvgIpc) is 2.58. The molecule has 0 fully saturated rings. The second kappa shape index (κ2) is 5.13. The van der Waals surface area contributed by atoms with Gasteiger partial charge in [0.2, 0.25) is 0 Å². The highest BCUT2D eigenvalue weighted by molar-refractivity contribution is 7.12. The van der Waals surface area contributed by atoms with Crippen LogP contribution in [0.1, 0.15) is 47.4 Å². The third-order valence-electron chi connectivity index (χ3n) is 3.34. The molecule has 1 heterocycles. The number of hydrogen-bond donors (Lipinski definition) is 1. The predicted molar refractivity (Wildman–Crippen MR) is 67.9 cm³/mol. The lowest BCUT2D eigenvalue weighted by Gasteiger charge is -2.13. The third-order valence-corrected chi connectivity index (χ3v) is 4.69. The van der Waals surface area contributed by atoms with Crippen LogP contribution in [0.2, 0.25) is 0 Å². The molecule has 1 unspecified atom stereocenters. The summed E-state index contributed by atoms with van der Waals surface area (Å²) < 4.78 is 0. The lowest BCUT2D eigenvalue weighted by Crippen LogP contribution is -2.16. The van der Waals surface area contributed by atoms with E-state index in [0.717, 1.165) is 12.5 Å². The molecule has 2 heteroatoms. The van der Waals surface area contributed by atoms with Gasteiger partial charge in [-0.3, -0.25) is 0 Å². The van der Waals surface area contributed by atoms with E-state index in [-0.39, 0.29) is 0 Å². The van der Waals surface area contributed by atoms with Crippen LogP contribution in [0.15, 0.2) is 6.07 Å². The number of likely N-dealkylation sites (N-methyl/N-ethyl adjacent to an activating group) is 1. The van der Waals surface area contributed by atoms with Gasteiger partial charge >= 0.3 is 0 Å². The molecule has 1 atom stereocenters. The molecule has 0 saturated carbocycles. The quantitative estimate of drug-likeness (QED) is 0.775. The zero-order chi connectivity index (χ0) is 10.7. The first kappa shape index (κ1) is 11.2. The summed E-state index contributed by atoms with van der Waals surface area (Å²) in [5.41, 5.74) is 1.66. The number of nitrogens with one attached hydrogen (secondary N) is 1. The highest BCUT2D eigenvalue weighted by Gasteiger charge is 2.20. The van der Waals surface area contributed by atoms with Gasteiger partial charge in [-0.2, -0.15) is 0 Å².